The lowest BCUT2D eigenvalue weighted by atomic mass is 10.4. The summed E-state index contributed by atoms with van der Waals surface area (Å²) in [5.41, 5.74) is 0.128. The van der Waals surface area contributed by atoms with E-state index in [0.29, 0.717) is 0 Å². The maximum atomic E-state index is 5.46. The molecule has 0 aromatic carbocycles. The van der Waals surface area contributed by atoms with Gasteiger partial charge < -0.3 is 9.47 Å². The van der Waals surface area contributed by atoms with Crippen LogP contribution in [-0.2, 0) is 9.47 Å². The molecule has 0 amide bonds. The van der Waals surface area contributed by atoms with Gasteiger partial charge >= 0.3 is 0 Å². The topological polar surface area (TPSA) is 18.5 Å². The molecule has 0 unspecified atom stereocenters. The van der Waals surface area contributed by atoms with Crippen LogP contribution in [0.5, 0.6) is 0 Å². The van der Waals surface area contributed by atoms with Gasteiger partial charge in [0.1, 0.15) is 0 Å². The van der Waals surface area contributed by atoms with Crippen molar-refractivity contribution in [1.29, 1.82) is 0 Å². The molecule has 1 aliphatic rings. The second-order valence-electron chi connectivity index (χ2n) is 2.55. The summed E-state index contributed by atoms with van der Waals surface area (Å²) >= 11 is 0. The van der Waals surface area contributed by atoms with E-state index in [1.807, 2.05) is 6.92 Å². The Morgan fingerprint density at radius 2 is 2.11 bits per heavy atom. The number of ether oxygens (including phenoxy) is 2. The van der Waals surface area contributed by atoms with Crippen LogP contribution in [0.15, 0.2) is 0 Å². The van der Waals surface area contributed by atoms with Gasteiger partial charge in [-0.15, -0.1) is 0 Å². The molecule has 0 aliphatic heterocycles. The van der Waals surface area contributed by atoms with Crippen molar-refractivity contribution in [2.24, 2.45) is 0 Å². The average Bonchev–Trinajstić information content (AvgIpc) is 2.51. The maximum Gasteiger partial charge on any atom is 0.0916 e. The fourth-order valence-corrected chi connectivity index (χ4v) is 1.04. The molecule has 1 aliphatic carbocycles. The maximum absolute atomic E-state index is 5.46. The van der Waals surface area contributed by atoms with Crippen molar-refractivity contribution in [3.05, 3.63) is 0 Å². The van der Waals surface area contributed by atoms with Gasteiger partial charge in [-0.2, -0.15) is 0 Å². The first kappa shape index (κ1) is 7.03. The van der Waals surface area contributed by atoms with Gasteiger partial charge in [-0.05, 0) is 19.8 Å². The quantitative estimate of drug-likeness (QED) is 0.569. The van der Waals surface area contributed by atoms with Crippen LogP contribution < -0.4 is 0 Å². The van der Waals surface area contributed by atoms with Crippen LogP contribution in [0.1, 0.15) is 19.8 Å². The van der Waals surface area contributed by atoms with Gasteiger partial charge in [-0.1, -0.05) is 0 Å². The molecule has 0 saturated heterocycles. The van der Waals surface area contributed by atoms with Gasteiger partial charge in [0.25, 0.3) is 0 Å². The molecule has 0 N–H and O–H groups in total. The Balaban J connectivity index is 2.17. The minimum absolute atomic E-state index is 0.128. The van der Waals surface area contributed by atoms with E-state index >= 15 is 0 Å². The standard InChI is InChI=1S/C7H14O2/c1-3-9-7(4-5-7)6-8-2/h3-6H2,1-2H3. The molecule has 0 heterocycles. The largest absolute Gasteiger partial charge is 0.382 e. The Hall–Kier alpha value is -0.0800. The Kier molecular flexibility index (Phi) is 2.09. The van der Waals surface area contributed by atoms with Crippen LogP contribution in [0.25, 0.3) is 0 Å². The van der Waals surface area contributed by atoms with Crippen molar-refractivity contribution in [2.75, 3.05) is 20.3 Å². The zero-order chi connectivity index (χ0) is 6.74. The van der Waals surface area contributed by atoms with Crippen molar-refractivity contribution < 1.29 is 9.47 Å². The minimum Gasteiger partial charge on any atom is -0.382 e. The lowest BCUT2D eigenvalue weighted by Gasteiger charge is -2.12. The lowest BCUT2D eigenvalue weighted by Crippen LogP contribution is -2.20. The molecule has 1 saturated carbocycles. The SMILES string of the molecule is CCOC1(COC)CC1. The molecule has 2 heteroatoms. The molecular formula is C7H14O2. The molecule has 54 valence electrons. The second kappa shape index (κ2) is 2.67. The van der Waals surface area contributed by atoms with Crippen LogP contribution >= 0.6 is 0 Å². The Labute approximate surface area is 56.2 Å². The fraction of sp³-hybridized carbons (Fsp3) is 1.00. The molecule has 0 aromatic heterocycles. The van der Waals surface area contributed by atoms with Gasteiger partial charge in [-0.25, -0.2) is 0 Å². The third-order valence-corrected chi connectivity index (χ3v) is 1.67. The van der Waals surface area contributed by atoms with Crippen LogP contribution in [-0.4, -0.2) is 25.9 Å². The third kappa shape index (κ3) is 1.66. The van der Waals surface area contributed by atoms with Gasteiger partial charge in [0.2, 0.25) is 0 Å². The van der Waals surface area contributed by atoms with E-state index in [1.54, 1.807) is 7.11 Å². The van der Waals surface area contributed by atoms with Crippen LogP contribution in [0.3, 0.4) is 0 Å². The van der Waals surface area contributed by atoms with E-state index in [-0.39, 0.29) is 5.60 Å². The summed E-state index contributed by atoms with van der Waals surface area (Å²) in [5.74, 6) is 0. The van der Waals surface area contributed by atoms with E-state index < -0.39 is 0 Å². The summed E-state index contributed by atoms with van der Waals surface area (Å²) in [6.45, 7) is 3.60. The molecule has 9 heavy (non-hydrogen) atoms. The molecule has 0 aromatic rings. The first-order valence-corrected chi connectivity index (χ1v) is 3.46. The Morgan fingerprint density at radius 1 is 1.44 bits per heavy atom. The normalized spacial score (nSPS) is 22.0. The number of hydrogen-bond donors (Lipinski definition) is 0. The van der Waals surface area contributed by atoms with Crippen LogP contribution in [0, 0.1) is 0 Å². The van der Waals surface area contributed by atoms with Gasteiger partial charge in [0.05, 0.1) is 12.2 Å². The molecular weight excluding hydrogens is 116 g/mol. The molecule has 0 bridgehead atoms. The Morgan fingerprint density at radius 3 is 2.44 bits per heavy atom. The molecule has 0 spiro atoms. The van der Waals surface area contributed by atoms with Crippen molar-refractivity contribution in [2.45, 2.75) is 25.4 Å². The zero-order valence-corrected chi connectivity index (χ0v) is 6.14. The smallest absolute Gasteiger partial charge is 0.0916 e. The highest BCUT2D eigenvalue weighted by molar-refractivity contribution is 4.95. The molecule has 0 atom stereocenters. The van der Waals surface area contributed by atoms with Crippen molar-refractivity contribution in [3.8, 4) is 0 Å². The number of methoxy groups -OCH3 is 1. The third-order valence-electron chi connectivity index (χ3n) is 1.67. The highest BCUT2D eigenvalue weighted by Crippen LogP contribution is 2.39. The summed E-state index contributed by atoms with van der Waals surface area (Å²) in [4.78, 5) is 0. The number of hydrogen-bond acceptors (Lipinski definition) is 2. The molecule has 1 rings (SSSR count). The summed E-state index contributed by atoms with van der Waals surface area (Å²) in [5, 5.41) is 0. The Bertz CT molecular complexity index is 78.9. The predicted octanol–water partition coefficient (Wildman–Crippen LogP) is 1.20. The predicted molar refractivity (Wildman–Crippen MR) is 35.5 cm³/mol. The van der Waals surface area contributed by atoms with Crippen molar-refractivity contribution in [3.63, 3.8) is 0 Å². The van der Waals surface area contributed by atoms with Crippen molar-refractivity contribution in [1.82, 2.24) is 0 Å². The lowest BCUT2D eigenvalue weighted by molar-refractivity contribution is -0.0149. The van der Waals surface area contributed by atoms with Gasteiger partial charge in [0.15, 0.2) is 0 Å². The van der Waals surface area contributed by atoms with E-state index in [1.165, 1.54) is 12.8 Å². The molecule has 2 nitrogen and oxygen atoms in total. The highest BCUT2D eigenvalue weighted by Gasteiger charge is 2.43. The zero-order valence-electron chi connectivity index (χ0n) is 6.14. The van der Waals surface area contributed by atoms with Gasteiger partial charge in [0, 0.05) is 13.7 Å². The van der Waals surface area contributed by atoms with Gasteiger partial charge in [-0.3, -0.25) is 0 Å². The monoisotopic (exact) mass is 130 g/mol. The van der Waals surface area contributed by atoms with Crippen molar-refractivity contribution >= 4 is 0 Å². The number of rotatable bonds is 4. The van der Waals surface area contributed by atoms with Crippen LogP contribution in [0.2, 0.25) is 0 Å². The van der Waals surface area contributed by atoms with E-state index in [9.17, 15) is 0 Å². The van der Waals surface area contributed by atoms with E-state index in [4.69, 9.17) is 9.47 Å². The molecule has 0 radical (unpaired) electrons. The summed E-state index contributed by atoms with van der Waals surface area (Å²) in [6.07, 6.45) is 2.35. The summed E-state index contributed by atoms with van der Waals surface area (Å²) < 4.78 is 10.5. The first-order valence-electron chi connectivity index (χ1n) is 3.46. The highest BCUT2D eigenvalue weighted by atomic mass is 16.5. The second-order valence-corrected chi connectivity index (χ2v) is 2.55. The van der Waals surface area contributed by atoms with Crippen LogP contribution in [0.4, 0.5) is 0 Å². The van der Waals surface area contributed by atoms with E-state index in [0.717, 1.165) is 13.2 Å². The average molecular weight is 130 g/mol. The first-order chi connectivity index (χ1) is 4.33. The summed E-state index contributed by atoms with van der Waals surface area (Å²) in [6, 6.07) is 0. The molecule has 1 fully saturated rings. The minimum atomic E-state index is 0.128. The summed E-state index contributed by atoms with van der Waals surface area (Å²) in [7, 11) is 1.72. The van der Waals surface area contributed by atoms with E-state index in [2.05, 4.69) is 0 Å². The fourth-order valence-electron chi connectivity index (χ4n) is 1.04.